The molecule has 0 saturated carbocycles. The van der Waals surface area contributed by atoms with E-state index in [1.165, 1.54) is 13.0 Å². The zero-order valence-electron chi connectivity index (χ0n) is 7.45. The van der Waals surface area contributed by atoms with Gasteiger partial charge in [0.15, 0.2) is 0 Å². The number of hydrogen-bond acceptors (Lipinski definition) is 1. The van der Waals surface area contributed by atoms with Gasteiger partial charge < -0.3 is 0 Å². The Morgan fingerprint density at radius 3 is 2.40 bits per heavy atom. The van der Waals surface area contributed by atoms with Crippen molar-refractivity contribution in [3.8, 4) is 0 Å². The first kappa shape index (κ1) is 12.3. The summed E-state index contributed by atoms with van der Waals surface area (Å²) in [6.45, 7) is 1.46. The number of hydrogen-bond donors (Lipinski definition) is 0. The first-order valence-electron chi connectivity index (χ1n) is 3.81. The Kier molecular flexibility index (Phi) is 3.31. The molecule has 0 atom stereocenters. The van der Waals surface area contributed by atoms with E-state index in [9.17, 15) is 18.0 Å². The third kappa shape index (κ3) is 2.44. The van der Waals surface area contributed by atoms with E-state index in [1.807, 2.05) is 0 Å². The zero-order valence-corrected chi connectivity index (χ0v) is 8.96. The second kappa shape index (κ2) is 4.02. The fourth-order valence-electron chi connectivity index (χ4n) is 1.01. The minimum Gasteiger partial charge on any atom is -0.286 e. The first-order valence-corrected chi connectivity index (χ1v) is 4.57. The van der Waals surface area contributed by atoms with Gasteiger partial charge in [0.25, 0.3) is 5.78 Å². The smallest absolute Gasteiger partial charge is 0.286 e. The number of carbonyl (C=O) groups excluding carboxylic acids is 1. The number of alkyl halides is 3. The maximum Gasteiger partial charge on any atom is 0.385 e. The summed E-state index contributed by atoms with van der Waals surface area (Å²) < 4.78 is 38.1. The van der Waals surface area contributed by atoms with Gasteiger partial charge in [-0.05, 0) is 30.2 Å². The van der Waals surface area contributed by atoms with Gasteiger partial charge in [-0.2, -0.15) is 8.78 Å². The van der Waals surface area contributed by atoms with E-state index in [2.05, 4.69) is 11.6 Å². The van der Waals surface area contributed by atoms with E-state index in [4.69, 9.17) is 11.6 Å². The average molecular weight is 257 g/mol. The summed E-state index contributed by atoms with van der Waals surface area (Å²) in [4.78, 5) is 11.1. The number of halogens is 5. The molecule has 0 unspecified atom stereocenters. The lowest BCUT2D eigenvalue weighted by atomic mass is 10.1. The van der Waals surface area contributed by atoms with Gasteiger partial charge in [-0.1, -0.05) is 17.7 Å². The minimum atomic E-state index is -4.15. The number of aryl methyl sites for hydroxylation is 1. The molecule has 15 heavy (non-hydrogen) atoms. The molecule has 0 aliphatic carbocycles. The molecule has 0 aliphatic heterocycles. The fraction of sp³-hybridized carbons (Fsp3) is 0.222. The molecular formula is C9H5Cl2F3O. The van der Waals surface area contributed by atoms with Crippen LogP contribution in [0, 0.1) is 12.7 Å². The third-order valence-electron chi connectivity index (χ3n) is 1.77. The molecule has 1 nitrogen and oxygen atoms in total. The predicted molar refractivity (Wildman–Crippen MR) is 51.3 cm³/mol. The topological polar surface area (TPSA) is 17.1 Å². The molecule has 0 saturated heterocycles. The van der Waals surface area contributed by atoms with Crippen molar-refractivity contribution in [2.75, 3.05) is 0 Å². The standard InChI is InChI=1S/C9H5Cl2F3O/c1-4-2-3-5(12)6(7(4)10)8(15)9(11,13)14/h2-3H,1H3. The highest BCUT2D eigenvalue weighted by atomic mass is 35.5. The molecule has 0 aromatic heterocycles. The molecule has 1 aromatic carbocycles. The van der Waals surface area contributed by atoms with Crippen LogP contribution in [-0.2, 0) is 0 Å². The molecule has 0 heterocycles. The van der Waals surface area contributed by atoms with Crippen molar-refractivity contribution >= 4 is 29.0 Å². The summed E-state index contributed by atoms with van der Waals surface area (Å²) in [6.07, 6.45) is 0. The first-order chi connectivity index (χ1) is 6.75. The second-order valence-electron chi connectivity index (χ2n) is 2.88. The van der Waals surface area contributed by atoms with Crippen LogP contribution in [0.25, 0.3) is 0 Å². The van der Waals surface area contributed by atoms with Gasteiger partial charge >= 0.3 is 5.38 Å². The van der Waals surface area contributed by atoms with Crippen LogP contribution in [0.5, 0.6) is 0 Å². The van der Waals surface area contributed by atoms with Crippen molar-refractivity contribution in [1.82, 2.24) is 0 Å². The van der Waals surface area contributed by atoms with Crippen molar-refractivity contribution in [2.45, 2.75) is 12.3 Å². The van der Waals surface area contributed by atoms with Crippen molar-refractivity contribution in [2.24, 2.45) is 0 Å². The summed E-state index contributed by atoms with van der Waals surface area (Å²) in [5.41, 5.74) is -0.556. The van der Waals surface area contributed by atoms with Gasteiger partial charge in [-0.3, -0.25) is 4.79 Å². The summed E-state index contributed by atoms with van der Waals surface area (Å²) in [6, 6.07) is 2.16. The summed E-state index contributed by atoms with van der Waals surface area (Å²) in [5, 5.41) is -4.50. The van der Waals surface area contributed by atoms with Crippen LogP contribution in [0.15, 0.2) is 12.1 Å². The Morgan fingerprint density at radius 2 is 1.93 bits per heavy atom. The quantitative estimate of drug-likeness (QED) is 0.581. The molecule has 82 valence electrons. The van der Waals surface area contributed by atoms with E-state index in [0.29, 0.717) is 5.56 Å². The monoisotopic (exact) mass is 256 g/mol. The molecule has 1 aromatic rings. The van der Waals surface area contributed by atoms with Gasteiger partial charge in [0.2, 0.25) is 0 Å². The highest BCUT2D eigenvalue weighted by Crippen LogP contribution is 2.31. The van der Waals surface area contributed by atoms with Crippen LogP contribution in [0.2, 0.25) is 5.02 Å². The minimum absolute atomic E-state index is 0.322. The SMILES string of the molecule is Cc1ccc(F)c(C(=O)C(F)(F)Cl)c1Cl. The second-order valence-corrected chi connectivity index (χ2v) is 3.73. The van der Waals surface area contributed by atoms with E-state index in [0.717, 1.165) is 6.07 Å². The lowest BCUT2D eigenvalue weighted by molar-refractivity contribution is 0.0531. The van der Waals surface area contributed by atoms with Gasteiger partial charge in [0, 0.05) is 0 Å². The van der Waals surface area contributed by atoms with E-state index < -0.39 is 22.5 Å². The van der Waals surface area contributed by atoms with Crippen molar-refractivity contribution in [1.29, 1.82) is 0 Å². The maximum absolute atomic E-state index is 13.1. The van der Waals surface area contributed by atoms with Crippen LogP contribution in [0.1, 0.15) is 15.9 Å². The molecule has 6 heteroatoms. The average Bonchev–Trinajstić information content (AvgIpc) is 2.10. The Hall–Kier alpha value is -0.740. The van der Waals surface area contributed by atoms with Crippen LogP contribution < -0.4 is 0 Å². The van der Waals surface area contributed by atoms with Crippen molar-refractivity contribution in [3.63, 3.8) is 0 Å². The van der Waals surface area contributed by atoms with Gasteiger partial charge in [-0.25, -0.2) is 4.39 Å². The highest BCUT2D eigenvalue weighted by molar-refractivity contribution is 6.40. The van der Waals surface area contributed by atoms with Crippen LogP contribution in [0.3, 0.4) is 0 Å². The largest absolute Gasteiger partial charge is 0.385 e. The molecule has 1 rings (SSSR count). The van der Waals surface area contributed by atoms with Gasteiger partial charge in [-0.15, -0.1) is 0 Å². The molecule has 0 N–H and O–H groups in total. The Labute approximate surface area is 93.8 Å². The molecular weight excluding hydrogens is 252 g/mol. The van der Waals surface area contributed by atoms with Crippen molar-refractivity contribution < 1.29 is 18.0 Å². The number of carbonyl (C=O) groups is 1. The van der Waals surface area contributed by atoms with Crippen molar-refractivity contribution in [3.05, 3.63) is 34.1 Å². The van der Waals surface area contributed by atoms with Gasteiger partial charge in [0.05, 0.1) is 10.6 Å². The number of rotatable bonds is 2. The van der Waals surface area contributed by atoms with Crippen LogP contribution in [0.4, 0.5) is 13.2 Å². The zero-order chi connectivity index (χ0) is 11.8. The summed E-state index contributed by atoms with van der Waals surface area (Å²) in [5.74, 6) is -2.95. The molecule has 0 bridgehead atoms. The molecule has 0 aliphatic rings. The molecule has 0 radical (unpaired) electrons. The number of benzene rings is 1. The normalized spacial score (nSPS) is 11.6. The van der Waals surface area contributed by atoms with Crippen LogP contribution in [-0.4, -0.2) is 11.2 Å². The predicted octanol–water partition coefficient (Wildman–Crippen LogP) is 3.80. The Morgan fingerprint density at radius 1 is 1.40 bits per heavy atom. The lowest BCUT2D eigenvalue weighted by Gasteiger charge is -2.10. The van der Waals surface area contributed by atoms with Gasteiger partial charge in [0.1, 0.15) is 5.82 Å². The van der Waals surface area contributed by atoms with Crippen LogP contribution >= 0.6 is 23.2 Å². The van der Waals surface area contributed by atoms with E-state index in [-0.39, 0.29) is 5.02 Å². The molecule has 0 spiro atoms. The highest BCUT2D eigenvalue weighted by Gasteiger charge is 2.39. The van der Waals surface area contributed by atoms with E-state index >= 15 is 0 Å². The lowest BCUT2D eigenvalue weighted by Crippen LogP contribution is -2.23. The molecule has 0 fully saturated rings. The number of Topliss-reactive ketones (excluding diaryl/α,β-unsaturated/α-hetero) is 1. The van der Waals surface area contributed by atoms with E-state index in [1.54, 1.807) is 0 Å². The third-order valence-corrected chi connectivity index (χ3v) is 2.43. The summed E-state index contributed by atoms with van der Waals surface area (Å²) >= 11 is 10.1. The number of ketones is 1. The maximum atomic E-state index is 13.1. The molecule has 0 amide bonds. The fourth-order valence-corrected chi connectivity index (χ4v) is 1.34. The Balaban J connectivity index is 3.38. The summed E-state index contributed by atoms with van der Waals surface area (Å²) in [7, 11) is 0. The Bertz CT molecular complexity index is 413.